The highest BCUT2D eigenvalue weighted by molar-refractivity contribution is 7.22. The lowest BCUT2D eigenvalue weighted by Crippen LogP contribution is -2.12. The van der Waals surface area contributed by atoms with Crippen LogP contribution in [0.1, 0.15) is 10.5 Å². The first kappa shape index (κ1) is 11.7. The maximum atomic E-state index is 13.0. The number of nitrogens with zero attached hydrogens (tertiary/aromatic N) is 2. The molecule has 0 atom stereocenters. The summed E-state index contributed by atoms with van der Waals surface area (Å²) >= 11 is 1.29. The van der Waals surface area contributed by atoms with Crippen molar-refractivity contribution in [2.75, 3.05) is 5.32 Å². The van der Waals surface area contributed by atoms with Gasteiger partial charge in [-0.05, 0) is 24.3 Å². The smallest absolute Gasteiger partial charge is 0.276 e. The van der Waals surface area contributed by atoms with Crippen LogP contribution in [0, 0.1) is 5.82 Å². The van der Waals surface area contributed by atoms with Gasteiger partial charge in [-0.1, -0.05) is 17.4 Å². The van der Waals surface area contributed by atoms with E-state index in [0.29, 0.717) is 16.3 Å². The first-order chi connectivity index (χ1) is 9.22. The molecule has 0 saturated heterocycles. The number of thiazole rings is 1. The van der Waals surface area contributed by atoms with Crippen LogP contribution >= 0.6 is 11.3 Å². The highest BCUT2D eigenvalue weighted by Gasteiger charge is 2.10. The lowest BCUT2D eigenvalue weighted by Gasteiger charge is -1.99. The fourth-order valence-electron chi connectivity index (χ4n) is 1.61. The van der Waals surface area contributed by atoms with Crippen molar-refractivity contribution in [1.82, 2.24) is 9.97 Å². The summed E-state index contributed by atoms with van der Waals surface area (Å²) in [5, 5.41) is 3.08. The number of aromatic nitrogens is 2. The molecule has 1 amide bonds. The summed E-state index contributed by atoms with van der Waals surface area (Å²) in [5.74, 6) is -0.680. The van der Waals surface area contributed by atoms with Crippen molar-refractivity contribution in [1.29, 1.82) is 0 Å². The third-order valence-electron chi connectivity index (χ3n) is 2.47. The molecule has 2 aromatic heterocycles. The molecule has 0 radical (unpaired) electrons. The van der Waals surface area contributed by atoms with Crippen LogP contribution in [0.25, 0.3) is 10.2 Å². The number of rotatable bonds is 2. The van der Waals surface area contributed by atoms with Crippen molar-refractivity contribution < 1.29 is 9.18 Å². The monoisotopic (exact) mass is 273 g/mol. The van der Waals surface area contributed by atoms with Crippen molar-refractivity contribution in [3.63, 3.8) is 0 Å². The van der Waals surface area contributed by atoms with Gasteiger partial charge in [-0.3, -0.25) is 15.1 Å². The predicted molar refractivity (Wildman–Crippen MR) is 71.8 cm³/mol. The van der Waals surface area contributed by atoms with E-state index in [1.165, 1.54) is 23.5 Å². The van der Waals surface area contributed by atoms with Gasteiger partial charge >= 0.3 is 0 Å². The third-order valence-corrected chi connectivity index (χ3v) is 3.42. The minimum atomic E-state index is -0.347. The number of carbonyl (C=O) groups is 1. The van der Waals surface area contributed by atoms with Crippen molar-refractivity contribution >= 4 is 32.6 Å². The molecule has 6 heteroatoms. The first-order valence-corrected chi connectivity index (χ1v) is 6.32. The molecule has 0 aliphatic carbocycles. The van der Waals surface area contributed by atoms with Crippen molar-refractivity contribution in [2.24, 2.45) is 0 Å². The number of amides is 1. The number of hydrogen-bond donors (Lipinski definition) is 1. The van der Waals surface area contributed by atoms with Crippen LogP contribution in [-0.2, 0) is 0 Å². The van der Waals surface area contributed by atoms with Gasteiger partial charge in [0.2, 0.25) is 0 Å². The second-order valence-corrected chi connectivity index (χ2v) is 4.83. The topological polar surface area (TPSA) is 54.9 Å². The number of carbonyl (C=O) groups excluding carboxylic acids is 1. The Morgan fingerprint density at radius 2 is 2.16 bits per heavy atom. The number of benzene rings is 1. The molecule has 0 saturated carbocycles. The van der Waals surface area contributed by atoms with E-state index in [-0.39, 0.29) is 11.7 Å². The van der Waals surface area contributed by atoms with E-state index in [1.807, 2.05) is 0 Å². The van der Waals surface area contributed by atoms with Crippen LogP contribution in [0.15, 0.2) is 42.6 Å². The maximum Gasteiger partial charge on any atom is 0.276 e. The van der Waals surface area contributed by atoms with E-state index in [1.54, 1.807) is 30.5 Å². The average Bonchev–Trinajstić information content (AvgIpc) is 2.81. The summed E-state index contributed by atoms with van der Waals surface area (Å²) in [7, 11) is 0. The molecule has 0 bridgehead atoms. The summed E-state index contributed by atoms with van der Waals surface area (Å²) in [4.78, 5) is 20.0. The summed E-state index contributed by atoms with van der Waals surface area (Å²) in [6, 6.07) is 9.42. The van der Waals surface area contributed by atoms with Gasteiger partial charge in [0, 0.05) is 12.3 Å². The Morgan fingerprint density at radius 3 is 2.95 bits per heavy atom. The SMILES string of the molecule is O=C(Nc1nc2cc(F)ccc2s1)c1ccccn1. The number of nitrogens with one attached hydrogen (secondary N) is 1. The zero-order valence-corrected chi connectivity index (χ0v) is 10.4. The largest absolute Gasteiger partial charge is 0.296 e. The number of hydrogen-bond acceptors (Lipinski definition) is 4. The molecule has 3 aromatic rings. The van der Waals surface area contributed by atoms with Crippen LogP contribution in [-0.4, -0.2) is 15.9 Å². The number of halogens is 1. The molecule has 0 spiro atoms. The summed E-state index contributed by atoms with van der Waals surface area (Å²) < 4.78 is 13.9. The van der Waals surface area contributed by atoms with Crippen molar-refractivity contribution in [3.05, 3.63) is 54.1 Å². The van der Waals surface area contributed by atoms with E-state index in [0.717, 1.165) is 4.70 Å². The second-order valence-electron chi connectivity index (χ2n) is 3.80. The van der Waals surface area contributed by atoms with Crippen LogP contribution in [0.4, 0.5) is 9.52 Å². The molecule has 0 unspecified atom stereocenters. The van der Waals surface area contributed by atoms with Crippen molar-refractivity contribution in [3.8, 4) is 0 Å². The molecule has 0 aliphatic rings. The quantitative estimate of drug-likeness (QED) is 0.780. The van der Waals surface area contributed by atoms with Crippen LogP contribution in [0.3, 0.4) is 0 Å². The normalized spacial score (nSPS) is 10.6. The Morgan fingerprint density at radius 1 is 1.26 bits per heavy atom. The highest BCUT2D eigenvalue weighted by Crippen LogP contribution is 2.26. The molecule has 1 N–H and O–H groups in total. The number of anilines is 1. The van der Waals surface area contributed by atoms with E-state index < -0.39 is 0 Å². The molecule has 94 valence electrons. The molecule has 0 aliphatic heterocycles. The van der Waals surface area contributed by atoms with Gasteiger partial charge in [-0.25, -0.2) is 9.37 Å². The molecule has 1 aromatic carbocycles. The Kier molecular flexibility index (Phi) is 2.92. The van der Waals surface area contributed by atoms with Gasteiger partial charge in [-0.15, -0.1) is 0 Å². The van der Waals surface area contributed by atoms with E-state index >= 15 is 0 Å². The fraction of sp³-hybridized carbons (Fsp3) is 0. The predicted octanol–water partition coefficient (Wildman–Crippen LogP) is 3.08. The van der Waals surface area contributed by atoms with Gasteiger partial charge in [-0.2, -0.15) is 0 Å². The molecular weight excluding hydrogens is 265 g/mol. The van der Waals surface area contributed by atoms with E-state index in [2.05, 4.69) is 15.3 Å². The Hall–Kier alpha value is -2.34. The average molecular weight is 273 g/mol. The molecule has 0 fully saturated rings. The number of fused-ring (bicyclic) bond motifs is 1. The van der Waals surface area contributed by atoms with Crippen LogP contribution < -0.4 is 5.32 Å². The zero-order valence-electron chi connectivity index (χ0n) is 9.63. The molecule has 3 rings (SSSR count). The van der Waals surface area contributed by atoms with Crippen LogP contribution in [0.5, 0.6) is 0 Å². The summed E-state index contributed by atoms with van der Waals surface area (Å²) in [6.07, 6.45) is 1.54. The second kappa shape index (κ2) is 4.74. The molecular formula is C13H8FN3OS. The third kappa shape index (κ3) is 2.43. The van der Waals surface area contributed by atoms with Gasteiger partial charge in [0.15, 0.2) is 5.13 Å². The Bertz CT molecular complexity index is 742. The van der Waals surface area contributed by atoms with E-state index in [4.69, 9.17) is 0 Å². The fourth-order valence-corrected chi connectivity index (χ4v) is 2.45. The Labute approximate surface area is 111 Å². The molecule has 19 heavy (non-hydrogen) atoms. The molecule has 4 nitrogen and oxygen atoms in total. The maximum absolute atomic E-state index is 13.0. The standard InChI is InChI=1S/C13H8FN3OS/c14-8-4-5-11-10(7-8)16-13(19-11)17-12(18)9-3-1-2-6-15-9/h1-7H,(H,16,17,18). The van der Waals surface area contributed by atoms with Gasteiger partial charge in [0.05, 0.1) is 10.2 Å². The van der Waals surface area contributed by atoms with Crippen molar-refractivity contribution in [2.45, 2.75) is 0 Å². The molecule has 2 heterocycles. The minimum absolute atomic E-state index is 0.313. The first-order valence-electron chi connectivity index (χ1n) is 5.51. The lowest BCUT2D eigenvalue weighted by atomic mass is 10.3. The summed E-state index contributed by atoms with van der Waals surface area (Å²) in [6.45, 7) is 0. The summed E-state index contributed by atoms with van der Waals surface area (Å²) in [5.41, 5.74) is 0.842. The number of pyridine rings is 1. The van der Waals surface area contributed by atoms with Gasteiger partial charge in [0.25, 0.3) is 5.91 Å². The van der Waals surface area contributed by atoms with Crippen LogP contribution in [0.2, 0.25) is 0 Å². The van der Waals surface area contributed by atoms with Gasteiger partial charge < -0.3 is 0 Å². The zero-order chi connectivity index (χ0) is 13.2. The minimum Gasteiger partial charge on any atom is -0.296 e. The lowest BCUT2D eigenvalue weighted by molar-refractivity contribution is 0.102. The Balaban J connectivity index is 1.87. The highest BCUT2D eigenvalue weighted by atomic mass is 32.1. The van der Waals surface area contributed by atoms with E-state index in [9.17, 15) is 9.18 Å². The van der Waals surface area contributed by atoms with Gasteiger partial charge in [0.1, 0.15) is 11.5 Å².